The average molecular weight is 193 g/mol. The van der Waals surface area contributed by atoms with Gasteiger partial charge >= 0.3 is 0 Å². The average Bonchev–Trinajstić information content (AvgIpc) is 2.68. The van der Waals surface area contributed by atoms with Crippen molar-refractivity contribution >= 4 is 11.7 Å². The molecule has 1 aromatic rings. The second-order valence-corrected chi connectivity index (χ2v) is 3.74. The molecule has 0 unspecified atom stereocenters. The van der Waals surface area contributed by atoms with Gasteiger partial charge in [-0.25, -0.2) is 0 Å². The number of carbonyl (C=O) groups excluding carboxylic acids is 1. The van der Waals surface area contributed by atoms with Crippen molar-refractivity contribution in [1.82, 2.24) is 0 Å². The topological polar surface area (TPSA) is 33.5 Å². The fourth-order valence-corrected chi connectivity index (χ4v) is 1.80. The predicted octanol–water partition coefficient (Wildman–Crippen LogP) is 2.47. The van der Waals surface area contributed by atoms with Crippen molar-refractivity contribution in [3.63, 3.8) is 0 Å². The van der Waals surface area contributed by atoms with E-state index in [2.05, 4.69) is 4.90 Å². The van der Waals surface area contributed by atoms with Crippen LogP contribution in [-0.2, 0) is 0 Å². The maximum absolute atomic E-state index is 11.0. The second kappa shape index (κ2) is 3.86. The van der Waals surface area contributed by atoms with Gasteiger partial charge < -0.3 is 9.32 Å². The second-order valence-electron chi connectivity index (χ2n) is 3.74. The minimum absolute atomic E-state index is 0.00624. The van der Waals surface area contributed by atoms with Gasteiger partial charge in [-0.1, -0.05) is 0 Å². The minimum atomic E-state index is -0.00624. The highest BCUT2D eigenvalue weighted by Crippen LogP contribution is 2.22. The normalized spacial score (nSPS) is 17.1. The Hall–Kier alpha value is -1.25. The molecule has 3 nitrogen and oxygen atoms in total. The molecule has 1 saturated heterocycles. The predicted molar refractivity (Wildman–Crippen MR) is 54.8 cm³/mol. The first-order valence-electron chi connectivity index (χ1n) is 5.13. The highest BCUT2D eigenvalue weighted by atomic mass is 16.4. The number of nitrogens with zero attached hydrogens (tertiary/aromatic N) is 1. The fraction of sp³-hybridized carbons (Fsp3) is 0.545. The Morgan fingerprint density at radius 3 is 2.57 bits per heavy atom. The summed E-state index contributed by atoms with van der Waals surface area (Å²) < 4.78 is 5.46. The first-order chi connectivity index (χ1) is 6.77. The number of hydrogen-bond acceptors (Lipinski definition) is 3. The van der Waals surface area contributed by atoms with E-state index in [9.17, 15) is 4.79 Å². The van der Waals surface area contributed by atoms with Crippen LogP contribution in [0.4, 0.5) is 5.88 Å². The van der Waals surface area contributed by atoms with Crippen molar-refractivity contribution in [3.05, 3.63) is 17.9 Å². The van der Waals surface area contributed by atoms with Crippen LogP contribution < -0.4 is 4.90 Å². The number of furan rings is 1. The molecule has 14 heavy (non-hydrogen) atoms. The zero-order valence-electron chi connectivity index (χ0n) is 8.45. The molecule has 3 heteroatoms. The minimum Gasteiger partial charge on any atom is -0.437 e. The van der Waals surface area contributed by atoms with Gasteiger partial charge in [0, 0.05) is 26.1 Å². The summed E-state index contributed by atoms with van der Waals surface area (Å²) in [5.41, 5.74) is 0. The summed E-state index contributed by atoms with van der Waals surface area (Å²) in [7, 11) is 0. The Morgan fingerprint density at radius 1 is 1.29 bits per heavy atom. The number of anilines is 1. The molecule has 2 rings (SSSR count). The third kappa shape index (κ3) is 1.81. The summed E-state index contributed by atoms with van der Waals surface area (Å²) in [5, 5.41) is 0. The lowest BCUT2D eigenvalue weighted by atomic mass is 10.1. The van der Waals surface area contributed by atoms with Gasteiger partial charge in [-0.2, -0.15) is 0 Å². The number of rotatable bonds is 2. The molecular weight excluding hydrogens is 178 g/mol. The number of Topliss-reactive ketones (excluding diaryl/α,β-unsaturated/α-hetero) is 1. The van der Waals surface area contributed by atoms with Gasteiger partial charge in [-0.15, -0.1) is 0 Å². The first-order valence-corrected chi connectivity index (χ1v) is 5.13. The van der Waals surface area contributed by atoms with Gasteiger partial charge in [0.15, 0.2) is 17.4 Å². The van der Waals surface area contributed by atoms with Gasteiger partial charge in [-0.05, 0) is 25.3 Å². The summed E-state index contributed by atoms with van der Waals surface area (Å²) in [5.74, 6) is 1.30. The lowest BCUT2D eigenvalue weighted by Crippen LogP contribution is -2.28. The molecule has 0 aliphatic carbocycles. The molecule has 0 atom stereocenters. The van der Waals surface area contributed by atoms with Crippen LogP contribution in [0, 0.1) is 0 Å². The van der Waals surface area contributed by atoms with E-state index < -0.39 is 0 Å². The van der Waals surface area contributed by atoms with E-state index in [1.165, 1.54) is 26.2 Å². The van der Waals surface area contributed by atoms with E-state index in [4.69, 9.17) is 4.42 Å². The van der Waals surface area contributed by atoms with Crippen molar-refractivity contribution in [2.75, 3.05) is 18.0 Å². The molecule has 1 aromatic heterocycles. The molecule has 0 amide bonds. The number of hydrogen-bond donors (Lipinski definition) is 0. The molecule has 1 aliphatic rings. The Labute approximate surface area is 83.7 Å². The lowest BCUT2D eigenvalue weighted by Gasteiger charge is -2.25. The first kappa shape index (κ1) is 9.31. The van der Waals surface area contributed by atoms with E-state index in [1.54, 1.807) is 6.07 Å². The third-order valence-electron chi connectivity index (χ3n) is 2.61. The van der Waals surface area contributed by atoms with E-state index in [1.807, 2.05) is 6.07 Å². The molecular formula is C11H15NO2. The summed E-state index contributed by atoms with van der Waals surface area (Å²) in [4.78, 5) is 13.2. The summed E-state index contributed by atoms with van der Waals surface area (Å²) in [6, 6.07) is 3.65. The zero-order valence-corrected chi connectivity index (χ0v) is 8.45. The van der Waals surface area contributed by atoms with E-state index >= 15 is 0 Å². The summed E-state index contributed by atoms with van der Waals surface area (Å²) in [6.45, 7) is 3.62. The lowest BCUT2D eigenvalue weighted by molar-refractivity contribution is 0.0987. The van der Waals surface area contributed by atoms with Crippen LogP contribution in [-0.4, -0.2) is 18.9 Å². The summed E-state index contributed by atoms with van der Waals surface area (Å²) >= 11 is 0. The van der Waals surface area contributed by atoms with Crippen LogP contribution in [0.5, 0.6) is 0 Å². The number of piperidine rings is 1. The van der Waals surface area contributed by atoms with Crippen molar-refractivity contribution in [2.45, 2.75) is 26.2 Å². The van der Waals surface area contributed by atoms with Crippen LogP contribution in [0.25, 0.3) is 0 Å². The van der Waals surface area contributed by atoms with Crippen LogP contribution >= 0.6 is 0 Å². The highest BCUT2D eigenvalue weighted by Gasteiger charge is 2.15. The third-order valence-corrected chi connectivity index (χ3v) is 2.61. The van der Waals surface area contributed by atoms with Crippen LogP contribution in [0.2, 0.25) is 0 Å². The van der Waals surface area contributed by atoms with Gasteiger partial charge in [0.05, 0.1) is 0 Å². The largest absolute Gasteiger partial charge is 0.437 e. The SMILES string of the molecule is CC(=O)c1ccc(N2CCCCC2)o1. The Kier molecular flexibility index (Phi) is 2.57. The quantitative estimate of drug-likeness (QED) is 0.676. The van der Waals surface area contributed by atoms with Crippen molar-refractivity contribution in [2.24, 2.45) is 0 Å². The van der Waals surface area contributed by atoms with E-state index in [-0.39, 0.29) is 5.78 Å². The molecule has 0 radical (unpaired) electrons. The molecule has 0 bridgehead atoms. The van der Waals surface area contributed by atoms with Gasteiger partial charge in [-0.3, -0.25) is 4.79 Å². The van der Waals surface area contributed by atoms with Crippen molar-refractivity contribution in [3.8, 4) is 0 Å². The molecule has 0 N–H and O–H groups in total. The monoisotopic (exact) mass is 193 g/mol. The van der Waals surface area contributed by atoms with E-state index in [0.717, 1.165) is 19.0 Å². The number of ketones is 1. The molecule has 1 fully saturated rings. The molecule has 0 saturated carbocycles. The van der Waals surface area contributed by atoms with Crippen LogP contribution in [0.15, 0.2) is 16.5 Å². The van der Waals surface area contributed by atoms with Gasteiger partial charge in [0.1, 0.15) is 0 Å². The highest BCUT2D eigenvalue weighted by molar-refractivity contribution is 5.91. The maximum atomic E-state index is 11.0. The van der Waals surface area contributed by atoms with Gasteiger partial charge in [0.25, 0.3) is 0 Å². The molecule has 0 aromatic carbocycles. The Morgan fingerprint density at radius 2 is 2.00 bits per heavy atom. The Bertz CT molecular complexity index is 324. The Balaban J connectivity index is 2.11. The molecule has 0 spiro atoms. The van der Waals surface area contributed by atoms with Crippen molar-refractivity contribution < 1.29 is 9.21 Å². The molecule has 2 heterocycles. The number of carbonyl (C=O) groups is 1. The van der Waals surface area contributed by atoms with Gasteiger partial charge in [0.2, 0.25) is 0 Å². The molecule has 1 aliphatic heterocycles. The standard InChI is InChI=1S/C11H15NO2/c1-9(13)10-5-6-11(14-10)12-7-3-2-4-8-12/h5-6H,2-4,7-8H2,1H3. The maximum Gasteiger partial charge on any atom is 0.196 e. The molecule has 76 valence electrons. The van der Waals surface area contributed by atoms with E-state index in [0.29, 0.717) is 5.76 Å². The summed E-state index contributed by atoms with van der Waals surface area (Å²) in [6.07, 6.45) is 3.74. The van der Waals surface area contributed by atoms with Crippen LogP contribution in [0.1, 0.15) is 36.7 Å². The zero-order chi connectivity index (χ0) is 9.97. The van der Waals surface area contributed by atoms with Crippen LogP contribution in [0.3, 0.4) is 0 Å². The smallest absolute Gasteiger partial charge is 0.196 e. The van der Waals surface area contributed by atoms with Crippen molar-refractivity contribution in [1.29, 1.82) is 0 Å². The fourth-order valence-electron chi connectivity index (χ4n) is 1.80.